The minimum Gasteiger partial charge on any atom is -0.340 e. The maximum absolute atomic E-state index is 14.2. The number of anilines is 2. The molecule has 4 rings (SSSR count). The Hall–Kier alpha value is -3.48. The molecule has 140 valence electrons. The van der Waals surface area contributed by atoms with Crippen molar-refractivity contribution in [2.24, 2.45) is 0 Å². The van der Waals surface area contributed by atoms with E-state index < -0.39 is 17.6 Å². The molecule has 7 heteroatoms. The third-order valence-corrected chi connectivity index (χ3v) is 4.19. The molecule has 0 fully saturated rings. The summed E-state index contributed by atoms with van der Waals surface area (Å²) in [4.78, 5) is 8.83. The Kier molecular flexibility index (Phi) is 4.43. The molecule has 3 aromatic carbocycles. The average molecular weight is 383 g/mol. The van der Waals surface area contributed by atoms with E-state index in [-0.39, 0.29) is 11.4 Å². The predicted molar refractivity (Wildman–Crippen MR) is 99.7 cm³/mol. The van der Waals surface area contributed by atoms with Crippen molar-refractivity contribution in [3.8, 4) is 11.4 Å². The summed E-state index contributed by atoms with van der Waals surface area (Å²) < 4.78 is 52.5. The van der Waals surface area contributed by atoms with Crippen LogP contribution in [-0.4, -0.2) is 9.97 Å². The third-order valence-electron chi connectivity index (χ3n) is 4.19. The van der Waals surface area contributed by atoms with Gasteiger partial charge in [0.05, 0.1) is 16.6 Å². The summed E-state index contributed by atoms with van der Waals surface area (Å²) in [6.07, 6.45) is -4.40. The Morgan fingerprint density at radius 3 is 2.14 bits per heavy atom. The molecule has 0 aliphatic heterocycles. The van der Waals surface area contributed by atoms with Crippen molar-refractivity contribution in [2.75, 3.05) is 5.32 Å². The first-order valence-corrected chi connectivity index (χ1v) is 8.38. The predicted octanol–water partition coefficient (Wildman–Crippen LogP) is 6.20. The van der Waals surface area contributed by atoms with E-state index in [2.05, 4.69) is 15.3 Å². The molecule has 0 spiro atoms. The van der Waals surface area contributed by atoms with E-state index in [0.29, 0.717) is 22.4 Å². The van der Waals surface area contributed by atoms with Gasteiger partial charge in [0.15, 0.2) is 5.82 Å². The van der Waals surface area contributed by atoms with Crippen LogP contribution in [0.25, 0.3) is 22.3 Å². The van der Waals surface area contributed by atoms with Crippen LogP contribution in [0.15, 0.2) is 72.8 Å². The first-order valence-electron chi connectivity index (χ1n) is 8.38. The lowest BCUT2D eigenvalue weighted by molar-refractivity contribution is -0.137. The molecule has 1 heterocycles. The molecule has 0 radical (unpaired) electrons. The Morgan fingerprint density at radius 2 is 1.43 bits per heavy atom. The van der Waals surface area contributed by atoms with Crippen molar-refractivity contribution in [1.82, 2.24) is 9.97 Å². The number of alkyl halides is 3. The summed E-state index contributed by atoms with van der Waals surface area (Å²) in [5, 5.41) is 3.68. The van der Waals surface area contributed by atoms with Crippen molar-refractivity contribution < 1.29 is 17.6 Å². The summed E-state index contributed by atoms with van der Waals surface area (Å²) in [5.74, 6) is 0.105. The Labute approximate surface area is 157 Å². The fourth-order valence-electron chi connectivity index (χ4n) is 2.81. The van der Waals surface area contributed by atoms with Crippen LogP contribution in [0.1, 0.15) is 5.56 Å². The molecule has 0 unspecified atom stereocenters. The minimum absolute atomic E-state index is 0.186. The van der Waals surface area contributed by atoms with Crippen molar-refractivity contribution in [1.29, 1.82) is 0 Å². The highest BCUT2D eigenvalue weighted by Gasteiger charge is 2.30. The van der Waals surface area contributed by atoms with Gasteiger partial charge in [0.25, 0.3) is 0 Å². The molecule has 1 N–H and O–H groups in total. The Morgan fingerprint density at radius 1 is 0.750 bits per heavy atom. The molecule has 28 heavy (non-hydrogen) atoms. The number of nitrogens with zero attached hydrogens (tertiary/aromatic N) is 2. The number of benzene rings is 3. The monoisotopic (exact) mass is 383 g/mol. The number of hydrogen-bond donors (Lipinski definition) is 1. The quantitative estimate of drug-likeness (QED) is 0.428. The molecule has 0 bridgehead atoms. The van der Waals surface area contributed by atoms with Gasteiger partial charge in [0, 0.05) is 11.1 Å². The zero-order valence-electron chi connectivity index (χ0n) is 14.3. The number of hydrogen-bond acceptors (Lipinski definition) is 3. The number of fused-ring (bicyclic) bond motifs is 1. The van der Waals surface area contributed by atoms with Gasteiger partial charge in [-0.2, -0.15) is 13.2 Å². The van der Waals surface area contributed by atoms with Crippen LogP contribution >= 0.6 is 0 Å². The highest BCUT2D eigenvalue weighted by atomic mass is 19.4. The van der Waals surface area contributed by atoms with Crippen molar-refractivity contribution in [3.63, 3.8) is 0 Å². The highest BCUT2D eigenvalue weighted by molar-refractivity contribution is 5.92. The lowest BCUT2D eigenvalue weighted by Gasteiger charge is -2.12. The molecular weight excluding hydrogens is 370 g/mol. The summed E-state index contributed by atoms with van der Waals surface area (Å²) in [6, 6.07) is 17.9. The topological polar surface area (TPSA) is 37.8 Å². The first-order chi connectivity index (χ1) is 13.4. The van der Waals surface area contributed by atoms with Gasteiger partial charge in [-0.05, 0) is 48.5 Å². The van der Waals surface area contributed by atoms with E-state index in [1.54, 1.807) is 42.5 Å². The summed E-state index contributed by atoms with van der Waals surface area (Å²) in [6.45, 7) is 0. The van der Waals surface area contributed by atoms with Gasteiger partial charge in [-0.25, -0.2) is 14.4 Å². The van der Waals surface area contributed by atoms with Gasteiger partial charge in [-0.1, -0.05) is 24.3 Å². The second-order valence-corrected chi connectivity index (χ2v) is 6.09. The maximum atomic E-state index is 14.2. The SMILES string of the molecule is Fc1ccccc1-c1nc(Nc2ccc(C(F)(F)F)cc2)c2ccccc2n1. The van der Waals surface area contributed by atoms with Crippen LogP contribution in [0.5, 0.6) is 0 Å². The van der Waals surface area contributed by atoms with Gasteiger partial charge < -0.3 is 5.32 Å². The number of aromatic nitrogens is 2. The Bertz CT molecular complexity index is 1140. The van der Waals surface area contributed by atoms with Crippen LogP contribution in [0.3, 0.4) is 0 Å². The second kappa shape index (κ2) is 6.92. The number of nitrogens with one attached hydrogen (secondary N) is 1. The lowest BCUT2D eigenvalue weighted by Crippen LogP contribution is -2.05. The van der Waals surface area contributed by atoms with Gasteiger partial charge in [0.2, 0.25) is 0 Å². The molecule has 0 saturated carbocycles. The van der Waals surface area contributed by atoms with Gasteiger partial charge in [-0.15, -0.1) is 0 Å². The molecular formula is C21H13F4N3. The summed E-state index contributed by atoms with van der Waals surface area (Å²) in [7, 11) is 0. The second-order valence-electron chi connectivity index (χ2n) is 6.09. The number of para-hydroxylation sites is 1. The van der Waals surface area contributed by atoms with Crippen LogP contribution in [0.4, 0.5) is 29.1 Å². The van der Waals surface area contributed by atoms with Gasteiger partial charge >= 0.3 is 6.18 Å². The van der Waals surface area contributed by atoms with E-state index in [1.165, 1.54) is 18.2 Å². The molecule has 4 aromatic rings. The highest BCUT2D eigenvalue weighted by Crippen LogP contribution is 2.32. The van der Waals surface area contributed by atoms with Crippen LogP contribution in [-0.2, 0) is 6.18 Å². The van der Waals surface area contributed by atoms with Crippen LogP contribution in [0, 0.1) is 5.82 Å². The lowest BCUT2D eigenvalue weighted by atomic mass is 10.1. The van der Waals surface area contributed by atoms with E-state index in [4.69, 9.17) is 0 Å². The zero-order chi connectivity index (χ0) is 19.7. The normalized spacial score (nSPS) is 11.6. The number of halogens is 4. The molecule has 1 aromatic heterocycles. The van der Waals surface area contributed by atoms with Crippen molar-refractivity contribution in [2.45, 2.75) is 6.18 Å². The minimum atomic E-state index is -4.40. The average Bonchev–Trinajstić information content (AvgIpc) is 2.68. The van der Waals surface area contributed by atoms with Crippen molar-refractivity contribution >= 4 is 22.4 Å². The van der Waals surface area contributed by atoms with Gasteiger partial charge in [0.1, 0.15) is 11.6 Å². The molecule has 0 saturated heterocycles. The molecule has 0 amide bonds. The van der Waals surface area contributed by atoms with Crippen LogP contribution in [0.2, 0.25) is 0 Å². The standard InChI is InChI=1S/C21H13F4N3/c22-17-7-3-1-5-15(17)19-27-18-8-4-2-6-16(18)20(28-19)26-14-11-9-13(10-12-14)21(23,24)25/h1-12H,(H,26,27,28). The van der Waals surface area contributed by atoms with E-state index in [9.17, 15) is 17.6 Å². The zero-order valence-corrected chi connectivity index (χ0v) is 14.3. The van der Waals surface area contributed by atoms with Crippen LogP contribution < -0.4 is 5.32 Å². The first kappa shape index (κ1) is 17.9. The summed E-state index contributed by atoms with van der Waals surface area (Å²) in [5.41, 5.74) is 0.517. The summed E-state index contributed by atoms with van der Waals surface area (Å²) >= 11 is 0. The molecule has 0 aliphatic rings. The van der Waals surface area contributed by atoms with E-state index in [0.717, 1.165) is 12.1 Å². The Balaban J connectivity index is 1.79. The molecule has 3 nitrogen and oxygen atoms in total. The maximum Gasteiger partial charge on any atom is 0.416 e. The molecule has 0 aliphatic carbocycles. The smallest absolute Gasteiger partial charge is 0.340 e. The van der Waals surface area contributed by atoms with Gasteiger partial charge in [-0.3, -0.25) is 0 Å². The number of rotatable bonds is 3. The molecule has 0 atom stereocenters. The largest absolute Gasteiger partial charge is 0.416 e. The van der Waals surface area contributed by atoms with Crippen molar-refractivity contribution in [3.05, 3.63) is 84.2 Å². The fraction of sp³-hybridized carbons (Fsp3) is 0.0476. The fourth-order valence-corrected chi connectivity index (χ4v) is 2.81. The van der Waals surface area contributed by atoms with E-state index in [1.807, 2.05) is 0 Å². The third kappa shape index (κ3) is 3.51. The van der Waals surface area contributed by atoms with E-state index >= 15 is 0 Å².